The second kappa shape index (κ2) is 19.6. The van der Waals surface area contributed by atoms with Crippen LogP contribution in [-0.4, -0.2) is 33.3 Å². The molecule has 44 heavy (non-hydrogen) atoms. The molecule has 0 amide bonds. The molecule has 0 spiro atoms. The number of carbonyl (C=O) groups excluding carboxylic acids is 3. The van der Waals surface area contributed by atoms with Gasteiger partial charge in [-0.25, -0.2) is 4.79 Å². The largest absolute Gasteiger partial charge is 0.497 e. The Morgan fingerprint density at radius 1 is 0.636 bits per heavy atom. The predicted octanol–water partition coefficient (Wildman–Crippen LogP) is 8.96. The lowest BCUT2D eigenvalue weighted by Crippen LogP contribution is -2.04. The number of aldehydes is 1. The Balaban J connectivity index is 0.000000764. The summed E-state index contributed by atoms with van der Waals surface area (Å²) in [5.41, 5.74) is 7.61. The zero-order valence-corrected chi connectivity index (χ0v) is 26.1. The molecule has 0 atom stereocenters. The summed E-state index contributed by atoms with van der Waals surface area (Å²) >= 11 is 0. The standard InChI is InChI=1S/C29H24O4.C4H6O.C4H8.CH2O/c1-4-29(30)33-28-19-24(22-11-16-26(32-3)17-12-22)13-18-27(28)23-7-5-20(6-8-23)21-9-14-25(31-2)15-10-21;1-4(2)3-5;1-4(2)3;1-2/h4-19H,1H2,2-3H3;3H,1H2,2H3;1H2,2-3H3;1H2. The zero-order chi connectivity index (χ0) is 33.1. The number of hydrogen-bond donors (Lipinski definition) is 0. The van der Waals surface area contributed by atoms with Gasteiger partial charge < -0.3 is 19.0 Å². The van der Waals surface area contributed by atoms with Crippen LogP contribution in [0.25, 0.3) is 33.4 Å². The van der Waals surface area contributed by atoms with E-state index in [9.17, 15) is 9.59 Å². The van der Waals surface area contributed by atoms with Crippen LogP contribution in [0.5, 0.6) is 17.2 Å². The van der Waals surface area contributed by atoms with Crippen LogP contribution in [0.1, 0.15) is 20.8 Å². The van der Waals surface area contributed by atoms with E-state index in [1.807, 2.05) is 112 Å². The van der Waals surface area contributed by atoms with Crippen molar-refractivity contribution in [2.45, 2.75) is 20.8 Å². The molecule has 0 unspecified atom stereocenters. The zero-order valence-electron chi connectivity index (χ0n) is 26.1. The molecule has 4 aromatic rings. The van der Waals surface area contributed by atoms with Crippen LogP contribution in [0.2, 0.25) is 0 Å². The Morgan fingerprint density at radius 2 is 0.977 bits per heavy atom. The Labute approximate surface area is 260 Å². The number of allylic oxidation sites excluding steroid dienone is 2. The second-order valence-corrected chi connectivity index (χ2v) is 9.54. The Kier molecular flexibility index (Phi) is 16.3. The highest BCUT2D eigenvalue weighted by atomic mass is 16.5. The quantitative estimate of drug-likeness (QED) is 0.0668. The van der Waals surface area contributed by atoms with Crippen LogP contribution in [0.4, 0.5) is 0 Å². The molecule has 0 aliphatic rings. The van der Waals surface area contributed by atoms with E-state index in [1.54, 1.807) is 21.1 Å². The smallest absolute Gasteiger partial charge is 0.335 e. The number of methoxy groups -OCH3 is 2. The van der Waals surface area contributed by atoms with Gasteiger partial charge in [0.2, 0.25) is 0 Å². The molecule has 0 radical (unpaired) electrons. The molecule has 0 aromatic heterocycles. The fraction of sp³-hybridized carbons (Fsp3) is 0.132. The van der Waals surface area contributed by atoms with Crippen molar-refractivity contribution < 1.29 is 28.6 Å². The van der Waals surface area contributed by atoms with E-state index in [1.165, 1.54) is 5.57 Å². The molecule has 4 rings (SSSR count). The van der Waals surface area contributed by atoms with Gasteiger partial charge in [0.15, 0.2) is 0 Å². The molecule has 0 aliphatic carbocycles. The summed E-state index contributed by atoms with van der Waals surface area (Å²) in [6.07, 6.45) is 1.89. The summed E-state index contributed by atoms with van der Waals surface area (Å²) in [6, 6.07) is 29.6. The molecule has 4 aromatic carbocycles. The number of carbonyl (C=O) groups is 3. The normalized spacial score (nSPS) is 9.20. The molecule has 6 nitrogen and oxygen atoms in total. The predicted molar refractivity (Wildman–Crippen MR) is 180 cm³/mol. The lowest BCUT2D eigenvalue weighted by molar-refractivity contribution is -0.128. The number of ether oxygens (including phenoxy) is 3. The van der Waals surface area contributed by atoms with Gasteiger partial charge in [0.05, 0.1) is 14.2 Å². The molecule has 0 bridgehead atoms. The van der Waals surface area contributed by atoms with Crippen molar-refractivity contribution in [3.05, 3.63) is 128 Å². The summed E-state index contributed by atoms with van der Waals surface area (Å²) in [5.74, 6) is 1.58. The number of hydrogen-bond acceptors (Lipinski definition) is 6. The highest BCUT2D eigenvalue weighted by Crippen LogP contribution is 2.36. The van der Waals surface area contributed by atoms with E-state index in [0.717, 1.165) is 57.2 Å². The average molecular weight is 593 g/mol. The highest BCUT2D eigenvalue weighted by molar-refractivity contribution is 5.87. The van der Waals surface area contributed by atoms with Crippen molar-refractivity contribution in [1.29, 1.82) is 0 Å². The Hall–Kier alpha value is -5.49. The summed E-state index contributed by atoms with van der Waals surface area (Å²) in [6.45, 7) is 18.0. The van der Waals surface area contributed by atoms with Gasteiger partial charge in [0.1, 0.15) is 30.3 Å². The summed E-state index contributed by atoms with van der Waals surface area (Å²) < 4.78 is 16.1. The van der Waals surface area contributed by atoms with E-state index in [0.29, 0.717) is 11.3 Å². The first-order chi connectivity index (χ1) is 21.1. The first-order valence-corrected chi connectivity index (χ1v) is 13.5. The molecular weight excluding hydrogens is 552 g/mol. The van der Waals surface area contributed by atoms with Crippen LogP contribution < -0.4 is 14.2 Å². The fourth-order valence-electron chi connectivity index (χ4n) is 3.58. The van der Waals surface area contributed by atoms with Crippen LogP contribution >= 0.6 is 0 Å². The maximum Gasteiger partial charge on any atom is 0.335 e. The van der Waals surface area contributed by atoms with Crippen molar-refractivity contribution in [3.63, 3.8) is 0 Å². The molecule has 0 saturated carbocycles. The van der Waals surface area contributed by atoms with Gasteiger partial charge in [-0.15, -0.1) is 6.58 Å². The highest BCUT2D eigenvalue weighted by Gasteiger charge is 2.12. The SMILES string of the molecule is C=C(C)C.C=C(C)C=O.C=CC(=O)Oc1cc(-c2ccc(OC)cc2)ccc1-c1ccc(-c2ccc(OC)cc2)cc1.C=O. The van der Waals surface area contributed by atoms with Gasteiger partial charge in [-0.05, 0) is 84.5 Å². The summed E-state index contributed by atoms with van der Waals surface area (Å²) in [7, 11) is 3.29. The van der Waals surface area contributed by atoms with E-state index in [2.05, 4.69) is 19.7 Å². The Morgan fingerprint density at radius 3 is 1.34 bits per heavy atom. The second-order valence-electron chi connectivity index (χ2n) is 9.54. The molecular formula is C38H40O6. The molecule has 0 fully saturated rings. The third-order valence-corrected chi connectivity index (χ3v) is 5.60. The van der Waals surface area contributed by atoms with Gasteiger partial charge >= 0.3 is 5.97 Å². The third-order valence-electron chi connectivity index (χ3n) is 5.60. The van der Waals surface area contributed by atoms with Crippen molar-refractivity contribution in [2.24, 2.45) is 0 Å². The minimum absolute atomic E-state index is 0.477. The average Bonchev–Trinajstić information content (AvgIpc) is 3.05. The Bertz CT molecular complexity index is 1510. The van der Waals surface area contributed by atoms with Crippen LogP contribution in [0.15, 0.2) is 128 Å². The maximum atomic E-state index is 12.0. The fourth-order valence-corrected chi connectivity index (χ4v) is 3.58. The van der Waals surface area contributed by atoms with Crippen molar-refractivity contribution in [3.8, 4) is 50.6 Å². The minimum Gasteiger partial charge on any atom is -0.497 e. The van der Waals surface area contributed by atoms with Gasteiger partial charge in [-0.3, -0.25) is 4.79 Å². The molecule has 0 aliphatic heterocycles. The van der Waals surface area contributed by atoms with Gasteiger partial charge in [0.25, 0.3) is 0 Å². The lowest BCUT2D eigenvalue weighted by Gasteiger charge is -2.13. The maximum absolute atomic E-state index is 12.0. The molecule has 0 N–H and O–H groups in total. The van der Waals surface area contributed by atoms with Crippen LogP contribution in [0, 0.1) is 0 Å². The number of esters is 1. The van der Waals surface area contributed by atoms with Crippen molar-refractivity contribution in [1.82, 2.24) is 0 Å². The first kappa shape index (κ1) is 36.5. The summed E-state index contributed by atoms with van der Waals surface area (Å²) in [5, 5.41) is 0. The molecule has 228 valence electrons. The monoisotopic (exact) mass is 592 g/mol. The number of benzene rings is 4. The molecule has 6 heteroatoms. The molecule has 0 saturated heterocycles. The van der Waals surface area contributed by atoms with E-state index in [-0.39, 0.29) is 0 Å². The first-order valence-electron chi connectivity index (χ1n) is 13.5. The van der Waals surface area contributed by atoms with E-state index >= 15 is 0 Å². The van der Waals surface area contributed by atoms with E-state index < -0.39 is 5.97 Å². The van der Waals surface area contributed by atoms with Crippen LogP contribution in [-0.2, 0) is 14.4 Å². The minimum atomic E-state index is -0.502. The van der Waals surface area contributed by atoms with Gasteiger partial charge in [-0.1, -0.05) is 79.4 Å². The van der Waals surface area contributed by atoms with Crippen molar-refractivity contribution in [2.75, 3.05) is 14.2 Å². The van der Waals surface area contributed by atoms with E-state index in [4.69, 9.17) is 19.0 Å². The van der Waals surface area contributed by atoms with Crippen LogP contribution in [0.3, 0.4) is 0 Å². The van der Waals surface area contributed by atoms with Gasteiger partial charge in [-0.2, -0.15) is 0 Å². The van der Waals surface area contributed by atoms with Crippen molar-refractivity contribution >= 4 is 19.0 Å². The third kappa shape index (κ3) is 12.2. The topological polar surface area (TPSA) is 78.9 Å². The summed E-state index contributed by atoms with van der Waals surface area (Å²) in [4.78, 5) is 29.4. The van der Waals surface area contributed by atoms with Gasteiger partial charge in [0, 0.05) is 11.6 Å². The number of rotatable bonds is 8. The molecule has 0 heterocycles. The lowest BCUT2D eigenvalue weighted by atomic mass is 9.97.